The minimum absolute atomic E-state index is 0.226. The lowest BCUT2D eigenvalue weighted by molar-refractivity contribution is 0.262. The molecule has 0 bridgehead atoms. The topological polar surface area (TPSA) is 42.0 Å². The average Bonchev–Trinajstić information content (AvgIpc) is 2.84. The van der Waals surface area contributed by atoms with Crippen LogP contribution in [0.5, 0.6) is 11.5 Å². The summed E-state index contributed by atoms with van der Waals surface area (Å²) in [4.78, 5) is 0. The third kappa shape index (κ3) is 1.89. The molecule has 0 unspecified atom stereocenters. The predicted octanol–water partition coefficient (Wildman–Crippen LogP) is 1.17. The fourth-order valence-electron chi connectivity index (χ4n) is 0.927. The van der Waals surface area contributed by atoms with E-state index in [2.05, 4.69) is 0 Å². The maximum Gasteiger partial charge on any atom is 0.123 e. The number of rotatable bonds is 3. The predicted molar refractivity (Wildman–Crippen MR) is 43.3 cm³/mol. The van der Waals surface area contributed by atoms with Crippen LogP contribution in [0.2, 0.25) is 0 Å². The largest absolute Gasteiger partial charge is 0.508 e. The monoisotopic (exact) mass is 166 g/mol. The Balaban J connectivity index is 1.92. The van der Waals surface area contributed by atoms with Crippen LogP contribution in [0.1, 0.15) is 0 Å². The molecule has 0 aromatic heterocycles. The summed E-state index contributed by atoms with van der Waals surface area (Å²) in [7, 11) is 0. The number of ether oxygens (including phenoxy) is 2. The molecule has 1 atom stereocenters. The molecule has 1 fully saturated rings. The highest BCUT2D eigenvalue weighted by molar-refractivity contribution is 5.31. The molecule has 3 heteroatoms. The van der Waals surface area contributed by atoms with Gasteiger partial charge in [0.25, 0.3) is 0 Å². The van der Waals surface area contributed by atoms with Gasteiger partial charge in [-0.2, -0.15) is 0 Å². The molecule has 0 aliphatic carbocycles. The van der Waals surface area contributed by atoms with Crippen LogP contribution >= 0.6 is 0 Å². The van der Waals surface area contributed by atoms with Crippen LogP contribution in [-0.2, 0) is 4.74 Å². The second-order valence-electron chi connectivity index (χ2n) is 2.76. The standard InChI is InChI=1S/C9H10O3/c10-7-2-1-3-8(4-7)11-5-9-6-12-9/h1-4,9-10H,5-6H2/t9-/m1/s1. The average molecular weight is 166 g/mol. The van der Waals surface area contributed by atoms with Crippen LogP contribution in [0.15, 0.2) is 24.3 Å². The third-order valence-corrected chi connectivity index (χ3v) is 1.66. The molecule has 0 spiro atoms. The summed E-state index contributed by atoms with van der Waals surface area (Å²) in [6, 6.07) is 6.75. The van der Waals surface area contributed by atoms with E-state index in [1.54, 1.807) is 18.2 Å². The van der Waals surface area contributed by atoms with E-state index in [4.69, 9.17) is 14.6 Å². The van der Waals surface area contributed by atoms with Crippen molar-refractivity contribution >= 4 is 0 Å². The Labute approximate surface area is 70.5 Å². The molecule has 64 valence electrons. The van der Waals surface area contributed by atoms with Gasteiger partial charge in [0.1, 0.15) is 24.2 Å². The van der Waals surface area contributed by atoms with Crippen molar-refractivity contribution in [1.29, 1.82) is 0 Å². The fraction of sp³-hybridized carbons (Fsp3) is 0.333. The molecule has 1 aromatic carbocycles. The van der Waals surface area contributed by atoms with Crippen molar-refractivity contribution in [3.05, 3.63) is 24.3 Å². The third-order valence-electron chi connectivity index (χ3n) is 1.66. The van der Waals surface area contributed by atoms with Crippen LogP contribution < -0.4 is 4.74 Å². The molecular weight excluding hydrogens is 156 g/mol. The molecule has 0 amide bonds. The Hall–Kier alpha value is -1.22. The Kier molecular flexibility index (Phi) is 1.87. The lowest BCUT2D eigenvalue weighted by atomic mass is 10.3. The summed E-state index contributed by atoms with van der Waals surface area (Å²) in [6.07, 6.45) is 0.257. The molecule has 1 saturated heterocycles. The molecule has 0 saturated carbocycles. The fourth-order valence-corrected chi connectivity index (χ4v) is 0.927. The molecule has 1 N–H and O–H groups in total. The number of epoxide rings is 1. The first-order valence-electron chi connectivity index (χ1n) is 3.88. The van der Waals surface area contributed by atoms with E-state index in [1.807, 2.05) is 6.07 Å². The highest BCUT2D eigenvalue weighted by Gasteiger charge is 2.22. The van der Waals surface area contributed by atoms with Crippen molar-refractivity contribution in [1.82, 2.24) is 0 Å². The normalized spacial score (nSPS) is 20.5. The van der Waals surface area contributed by atoms with E-state index in [0.29, 0.717) is 12.4 Å². The quantitative estimate of drug-likeness (QED) is 0.685. The maximum absolute atomic E-state index is 9.08. The first-order chi connectivity index (χ1) is 5.84. The lowest BCUT2D eigenvalue weighted by Gasteiger charge is -2.03. The molecule has 2 rings (SSSR count). The molecule has 0 radical (unpaired) electrons. The first-order valence-corrected chi connectivity index (χ1v) is 3.88. The van der Waals surface area contributed by atoms with Gasteiger partial charge in [0.2, 0.25) is 0 Å². The van der Waals surface area contributed by atoms with Crippen LogP contribution in [0.4, 0.5) is 0 Å². The number of phenolic OH excluding ortho intramolecular Hbond substituents is 1. The summed E-state index contributed by atoms with van der Waals surface area (Å²) in [6.45, 7) is 1.36. The van der Waals surface area contributed by atoms with E-state index in [1.165, 1.54) is 0 Å². The Morgan fingerprint density at radius 3 is 3.08 bits per heavy atom. The summed E-state index contributed by atoms with van der Waals surface area (Å²) in [5.74, 6) is 0.912. The SMILES string of the molecule is Oc1cccc(OC[C@@H]2CO2)c1. The van der Waals surface area contributed by atoms with Gasteiger partial charge >= 0.3 is 0 Å². The number of aromatic hydroxyl groups is 1. The molecule has 1 aliphatic rings. The molecule has 1 aromatic rings. The van der Waals surface area contributed by atoms with E-state index >= 15 is 0 Å². The van der Waals surface area contributed by atoms with Crippen LogP contribution in [0.3, 0.4) is 0 Å². The summed E-state index contributed by atoms with van der Waals surface area (Å²) in [5.41, 5.74) is 0. The lowest BCUT2D eigenvalue weighted by Crippen LogP contribution is -2.03. The Morgan fingerprint density at radius 2 is 2.42 bits per heavy atom. The van der Waals surface area contributed by atoms with Crippen molar-refractivity contribution in [3.8, 4) is 11.5 Å². The Bertz CT molecular complexity index is 268. The van der Waals surface area contributed by atoms with E-state index in [0.717, 1.165) is 6.61 Å². The van der Waals surface area contributed by atoms with Gasteiger partial charge in [-0.25, -0.2) is 0 Å². The van der Waals surface area contributed by atoms with Crippen molar-refractivity contribution < 1.29 is 14.6 Å². The Morgan fingerprint density at radius 1 is 1.58 bits per heavy atom. The van der Waals surface area contributed by atoms with Gasteiger partial charge in [0.15, 0.2) is 0 Å². The summed E-state index contributed by atoms with van der Waals surface area (Å²) < 4.78 is 10.3. The van der Waals surface area contributed by atoms with Crippen molar-refractivity contribution in [3.63, 3.8) is 0 Å². The second-order valence-corrected chi connectivity index (χ2v) is 2.76. The zero-order valence-electron chi connectivity index (χ0n) is 6.56. The first kappa shape index (κ1) is 7.43. The molecular formula is C9H10O3. The van der Waals surface area contributed by atoms with Crippen molar-refractivity contribution in [2.24, 2.45) is 0 Å². The zero-order valence-corrected chi connectivity index (χ0v) is 6.56. The molecule has 1 heterocycles. The highest BCUT2D eigenvalue weighted by Crippen LogP contribution is 2.19. The van der Waals surface area contributed by atoms with Gasteiger partial charge in [0, 0.05) is 6.07 Å². The van der Waals surface area contributed by atoms with Crippen LogP contribution in [0.25, 0.3) is 0 Å². The van der Waals surface area contributed by atoms with Crippen molar-refractivity contribution in [2.45, 2.75) is 6.10 Å². The maximum atomic E-state index is 9.08. The smallest absolute Gasteiger partial charge is 0.123 e. The number of hydrogen-bond acceptors (Lipinski definition) is 3. The number of phenols is 1. The summed E-state index contributed by atoms with van der Waals surface area (Å²) >= 11 is 0. The van der Waals surface area contributed by atoms with Gasteiger partial charge in [-0.05, 0) is 12.1 Å². The molecule has 1 aliphatic heterocycles. The van der Waals surface area contributed by atoms with Crippen molar-refractivity contribution in [2.75, 3.05) is 13.2 Å². The minimum atomic E-state index is 0.226. The van der Waals surface area contributed by atoms with E-state index in [9.17, 15) is 0 Å². The number of hydrogen-bond donors (Lipinski definition) is 1. The van der Waals surface area contributed by atoms with Crippen LogP contribution in [-0.4, -0.2) is 24.4 Å². The summed E-state index contributed by atoms with van der Waals surface area (Å²) in [5, 5.41) is 9.08. The zero-order chi connectivity index (χ0) is 8.39. The van der Waals surface area contributed by atoms with Crippen LogP contribution in [0, 0.1) is 0 Å². The minimum Gasteiger partial charge on any atom is -0.508 e. The van der Waals surface area contributed by atoms with Gasteiger partial charge < -0.3 is 14.6 Å². The van der Waals surface area contributed by atoms with Gasteiger partial charge in [-0.1, -0.05) is 6.07 Å². The second kappa shape index (κ2) is 3.03. The van der Waals surface area contributed by atoms with Gasteiger partial charge in [-0.3, -0.25) is 0 Å². The molecule has 12 heavy (non-hydrogen) atoms. The van der Waals surface area contributed by atoms with E-state index < -0.39 is 0 Å². The van der Waals surface area contributed by atoms with Gasteiger partial charge in [0.05, 0.1) is 6.61 Å². The van der Waals surface area contributed by atoms with Gasteiger partial charge in [-0.15, -0.1) is 0 Å². The molecule has 3 nitrogen and oxygen atoms in total. The highest BCUT2D eigenvalue weighted by atomic mass is 16.6. The van der Waals surface area contributed by atoms with E-state index in [-0.39, 0.29) is 11.9 Å². The number of benzene rings is 1.